The highest BCUT2D eigenvalue weighted by Crippen LogP contribution is 2.29. The summed E-state index contributed by atoms with van der Waals surface area (Å²) >= 11 is 5.97. The number of hydrogen-bond donors (Lipinski definition) is 2. The number of amides is 1. The first-order valence-electron chi connectivity index (χ1n) is 7.62. The fourth-order valence-electron chi connectivity index (χ4n) is 2.17. The number of carbonyl (C=O) groups is 1. The van der Waals surface area contributed by atoms with Gasteiger partial charge in [-0.1, -0.05) is 11.6 Å². The Bertz CT molecular complexity index is 1020. The van der Waals surface area contributed by atoms with Crippen LogP contribution in [0.15, 0.2) is 23.2 Å². The van der Waals surface area contributed by atoms with Gasteiger partial charge in [0.1, 0.15) is 28.3 Å². The van der Waals surface area contributed by atoms with Gasteiger partial charge in [0.2, 0.25) is 10.0 Å². The van der Waals surface area contributed by atoms with Crippen LogP contribution in [0, 0.1) is 12.7 Å². The van der Waals surface area contributed by atoms with Gasteiger partial charge in [-0.2, -0.15) is 17.9 Å². The van der Waals surface area contributed by atoms with Crippen molar-refractivity contribution in [2.75, 3.05) is 5.32 Å². The van der Waals surface area contributed by atoms with Gasteiger partial charge >= 0.3 is 6.18 Å². The van der Waals surface area contributed by atoms with Crippen LogP contribution in [0.5, 0.6) is 0 Å². The molecule has 2 aromatic heterocycles. The number of pyridine rings is 1. The maximum Gasteiger partial charge on any atom is 0.404 e. The lowest BCUT2D eigenvalue weighted by Gasteiger charge is -2.16. The summed E-state index contributed by atoms with van der Waals surface area (Å²) in [4.78, 5) is 15.5. The number of halogens is 5. The standard InChI is InChI=1S/C15H15ClF4N4O3S/c1-7-9(17)4-5-11(21-7)22-14(25)13-12(16)10(6-24(13)3)28(26,27)23-8(2)15(18,19)20/h4-6,8,23H,1-3H3,(H,21,22,25)/t8-/m1/s1. The number of anilines is 1. The molecule has 2 rings (SSSR count). The van der Waals surface area contributed by atoms with Gasteiger partial charge in [-0.05, 0) is 26.0 Å². The van der Waals surface area contributed by atoms with Crippen LogP contribution < -0.4 is 10.0 Å². The zero-order valence-corrected chi connectivity index (χ0v) is 16.3. The number of aryl methyl sites for hydroxylation is 2. The van der Waals surface area contributed by atoms with Crippen molar-refractivity contribution in [2.45, 2.75) is 31.0 Å². The van der Waals surface area contributed by atoms with Crippen LogP contribution in [-0.4, -0.2) is 36.1 Å². The first kappa shape index (κ1) is 22.1. The Kier molecular flexibility index (Phi) is 6.07. The van der Waals surface area contributed by atoms with Crippen molar-refractivity contribution in [2.24, 2.45) is 7.05 Å². The van der Waals surface area contributed by atoms with Crippen molar-refractivity contribution in [3.8, 4) is 0 Å². The molecule has 0 saturated heterocycles. The Morgan fingerprint density at radius 1 is 1.32 bits per heavy atom. The second kappa shape index (κ2) is 7.68. The molecule has 0 unspecified atom stereocenters. The predicted octanol–water partition coefficient (Wildman–Crippen LogP) is 3.00. The summed E-state index contributed by atoms with van der Waals surface area (Å²) in [5, 5.41) is 1.75. The molecule has 154 valence electrons. The summed E-state index contributed by atoms with van der Waals surface area (Å²) in [6.07, 6.45) is -3.90. The fourth-order valence-corrected chi connectivity index (χ4v) is 4.10. The molecule has 2 N–H and O–H groups in total. The highest BCUT2D eigenvalue weighted by atomic mass is 35.5. The van der Waals surface area contributed by atoms with Gasteiger partial charge in [-0.25, -0.2) is 17.8 Å². The largest absolute Gasteiger partial charge is 0.404 e. The molecule has 1 amide bonds. The summed E-state index contributed by atoms with van der Waals surface area (Å²) in [6.45, 7) is 2.00. The van der Waals surface area contributed by atoms with E-state index in [1.807, 2.05) is 0 Å². The Morgan fingerprint density at radius 2 is 1.93 bits per heavy atom. The van der Waals surface area contributed by atoms with Gasteiger partial charge in [0.15, 0.2) is 0 Å². The third-order valence-corrected chi connectivity index (χ3v) is 5.73. The predicted molar refractivity (Wildman–Crippen MR) is 93.1 cm³/mol. The van der Waals surface area contributed by atoms with E-state index in [1.54, 1.807) is 0 Å². The molecule has 0 fully saturated rings. The van der Waals surface area contributed by atoms with Crippen LogP contribution in [0.1, 0.15) is 23.1 Å². The summed E-state index contributed by atoms with van der Waals surface area (Å²) < 4.78 is 78.2. The molecule has 0 saturated carbocycles. The second-order valence-electron chi connectivity index (χ2n) is 5.87. The van der Waals surface area contributed by atoms with E-state index in [0.29, 0.717) is 6.92 Å². The van der Waals surface area contributed by atoms with Gasteiger partial charge in [0.05, 0.1) is 10.7 Å². The summed E-state index contributed by atoms with van der Waals surface area (Å²) in [5.74, 6) is -1.49. The average Bonchev–Trinajstić information content (AvgIpc) is 2.85. The third-order valence-electron chi connectivity index (χ3n) is 3.68. The topological polar surface area (TPSA) is 93.1 Å². The van der Waals surface area contributed by atoms with E-state index >= 15 is 0 Å². The van der Waals surface area contributed by atoms with Gasteiger partial charge in [0.25, 0.3) is 5.91 Å². The lowest BCUT2D eigenvalue weighted by Crippen LogP contribution is -2.42. The molecule has 28 heavy (non-hydrogen) atoms. The zero-order valence-electron chi connectivity index (χ0n) is 14.7. The van der Waals surface area contributed by atoms with E-state index < -0.39 is 43.9 Å². The molecule has 13 heteroatoms. The van der Waals surface area contributed by atoms with Crippen molar-refractivity contribution in [1.82, 2.24) is 14.3 Å². The Balaban J connectivity index is 2.34. The third kappa shape index (κ3) is 4.62. The molecule has 0 aliphatic carbocycles. The lowest BCUT2D eigenvalue weighted by atomic mass is 10.3. The molecule has 0 radical (unpaired) electrons. The second-order valence-corrected chi connectivity index (χ2v) is 7.93. The first-order valence-corrected chi connectivity index (χ1v) is 9.48. The van der Waals surface area contributed by atoms with E-state index in [4.69, 9.17) is 11.6 Å². The summed E-state index contributed by atoms with van der Waals surface area (Å²) in [7, 11) is -3.37. The number of hydrogen-bond acceptors (Lipinski definition) is 4. The van der Waals surface area contributed by atoms with E-state index in [-0.39, 0.29) is 17.2 Å². The summed E-state index contributed by atoms with van der Waals surface area (Å²) in [6, 6.07) is -0.109. The lowest BCUT2D eigenvalue weighted by molar-refractivity contribution is -0.147. The van der Waals surface area contributed by atoms with Gasteiger partial charge < -0.3 is 9.88 Å². The van der Waals surface area contributed by atoms with E-state index in [9.17, 15) is 30.8 Å². The smallest absolute Gasteiger partial charge is 0.344 e. The van der Waals surface area contributed by atoms with Crippen molar-refractivity contribution in [3.05, 3.63) is 40.6 Å². The Labute approximate surface area is 162 Å². The van der Waals surface area contributed by atoms with Crippen LogP contribution in [-0.2, 0) is 17.1 Å². The van der Waals surface area contributed by atoms with Crippen LogP contribution in [0.3, 0.4) is 0 Å². The number of nitrogens with one attached hydrogen (secondary N) is 2. The van der Waals surface area contributed by atoms with E-state index in [1.165, 1.54) is 24.8 Å². The minimum atomic E-state index is -4.80. The van der Waals surface area contributed by atoms with Crippen molar-refractivity contribution < 1.29 is 30.8 Å². The number of aromatic nitrogens is 2. The van der Waals surface area contributed by atoms with Crippen LogP contribution in [0.2, 0.25) is 5.02 Å². The number of rotatable bonds is 5. The van der Waals surface area contributed by atoms with E-state index in [0.717, 1.165) is 16.8 Å². The molecule has 2 heterocycles. The quantitative estimate of drug-likeness (QED) is 0.696. The maximum absolute atomic E-state index is 13.3. The highest BCUT2D eigenvalue weighted by Gasteiger charge is 2.40. The zero-order chi connectivity index (χ0) is 21.4. The van der Waals surface area contributed by atoms with E-state index in [2.05, 4.69) is 10.3 Å². The summed E-state index contributed by atoms with van der Waals surface area (Å²) in [5.41, 5.74) is -0.310. The monoisotopic (exact) mass is 442 g/mol. The molecule has 7 nitrogen and oxygen atoms in total. The molecule has 0 aliphatic heterocycles. The Morgan fingerprint density at radius 3 is 2.46 bits per heavy atom. The average molecular weight is 443 g/mol. The molecule has 1 atom stereocenters. The number of carbonyl (C=O) groups excluding carboxylic acids is 1. The van der Waals surface area contributed by atoms with Crippen molar-refractivity contribution >= 4 is 33.3 Å². The number of nitrogens with zero attached hydrogens (tertiary/aromatic N) is 2. The molecule has 0 aliphatic rings. The number of alkyl halides is 3. The molecule has 0 aromatic carbocycles. The minimum Gasteiger partial charge on any atom is -0.344 e. The maximum atomic E-state index is 13.3. The minimum absolute atomic E-state index is 0.0179. The van der Waals surface area contributed by atoms with Crippen LogP contribution in [0.4, 0.5) is 23.4 Å². The Hall–Kier alpha value is -2.18. The normalized spacial score (nSPS) is 13.4. The molecular weight excluding hydrogens is 428 g/mol. The van der Waals surface area contributed by atoms with Gasteiger partial charge in [-0.3, -0.25) is 4.79 Å². The number of sulfonamides is 1. The van der Waals surface area contributed by atoms with Crippen LogP contribution in [0.25, 0.3) is 0 Å². The molecule has 0 bridgehead atoms. The molecular formula is C15H15ClF4N4O3S. The SMILES string of the molecule is Cc1nc(NC(=O)c2c(Cl)c(S(=O)(=O)N[C@H](C)C(F)(F)F)cn2C)ccc1F. The molecule has 2 aromatic rings. The highest BCUT2D eigenvalue weighted by molar-refractivity contribution is 7.89. The van der Waals surface area contributed by atoms with Crippen LogP contribution >= 0.6 is 11.6 Å². The van der Waals surface area contributed by atoms with Crippen molar-refractivity contribution in [3.63, 3.8) is 0 Å². The van der Waals surface area contributed by atoms with Gasteiger partial charge in [0, 0.05) is 13.2 Å². The molecule has 0 spiro atoms. The fraction of sp³-hybridized carbons (Fsp3) is 0.333. The first-order chi connectivity index (χ1) is 12.7. The van der Waals surface area contributed by atoms with Crippen molar-refractivity contribution in [1.29, 1.82) is 0 Å². The van der Waals surface area contributed by atoms with Gasteiger partial charge in [-0.15, -0.1) is 0 Å².